The van der Waals surface area contributed by atoms with E-state index in [0.29, 0.717) is 22.7 Å². The van der Waals surface area contributed by atoms with Crippen LogP contribution in [-0.4, -0.2) is 28.5 Å². The van der Waals surface area contributed by atoms with Crippen molar-refractivity contribution in [3.8, 4) is 11.5 Å². The zero-order valence-electron chi connectivity index (χ0n) is 16.7. The molecule has 1 fully saturated rings. The number of carbonyl (C=O) groups is 3. The number of para-hydroxylation sites is 1. The summed E-state index contributed by atoms with van der Waals surface area (Å²) in [6.45, 7) is -0.352. The van der Waals surface area contributed by atoms with Gasteiger partial charge in [0, 0.05) is 10.2 Å². The van der Waals surface area contributed by atoms with Gasteiger partial charge in [-0.3, -0.25) is 19.3 Å². The maximum atomic E-state index is 12.7. The van der Waals surface area contributed by atoms with Crippen molar-refractivity contribution in [1.82, 2.24) is 4.90 Å². The minimum absolute atomic E-state index is 0.253. The Balaban J connectivity index is 1.43. The van der Waals surface area contributed by atoms with Crippen LogP contribution in [0.1, 0.15) is 5.56 Å². The molecule has 3 aromatic carbocycles. The SMILES string of the molecule is O=C(CN1C(=O)S/C(=C/c2cccc(Oc3ccccc3)c2)C1=O)Nc1ccc(Br)cc1. The van der Waals surface area contributed by atoms with Crippen molar-refractivity contribution in [2.45, 2.75) is 0 Å². The lowest BCUT2D eigenvalue weighted by atomic mass is 10.2. The fourth-order valence-electron chi connectivity index (χ4n) is 2.96. The fraction of sp³-hybridized carbons (Fsp3) is 0.0417. The standard InChI is InChI=1S/C24H17BrN2O4S/c25-17-9-11-18(12-10-17)26-22(28)15-27-23(29)21(32-24(27)30)14-16-5-4-8-20(13-16)31-19-6-2-1-3-7-19/h1-14H,15H2,(H,26,28)/b21-14+. The van der Waals surface area contributed by atoms with Crippen LogP contribution in [0.25, 0.3) is 6.08 Å². The summed E-state index contributed by atoms with van der Waals surface area (Å²) < 4.78 is 6.69. The fourth-order valence-corrected chi connectivity index (χ4v) is 4.06. The summed E-state index contributed by atoms with van der Waals surface area (Å²) in [5, 5.41) is 2.20. The molecular weight excluding hydrogens is 492 g/mol. The predicted molar refractivity (Wildman–Crippen MR) is 128 cm³/mol. The molecule has 0 bridgehead atoms. The molecule has 1 heterocycles. The third-order valence-electron chi connectivity index (χ3n) is 4.44. The Morgan fingerprint density at radius 3 is 2.44 bits per heavy atom. The lowest BCUT2D eigenvalue weighted by Gasteiger charge is -2.12. The highest BCUT2D eigenvalue weighted by molar-refractivity contribution is 9.10. The number of thioether (sulfide) groups is 1. The molecule has 4 rings (SSSR count). The van der Waals surface area contributed by atoms with Gasteiger partial charge < -0.3 is 10.1 Å². The summed E-state index contributed by atoms with van der Waals surface area (Å²) in [5.41, 5.74) is 1.29. The van der Waals surface area contributed by atoms with E-state index in [4.69, 9.17) is 4.74 Å². The van der Waals surface area contributed by atoms with Crippen molar-refractivity contribution < 1.29 is 19.1 Å². The van der Waals surface area contributed by atoms with Crippen molar-refractivity contribution in [1.29, 1.82) is 0 Å². The number of nitrogens with one attached hydrogen (secondary N) is 1. The summed E-state index contributed by atoms with van der Waals surface area (Å²) in [7, 11) is 0. The highest BCUT2D eigenvalue weighted by atomic mass is 79.9. The zero-order valence-corrected chi connectivity index (χ0v) is 19.1. The lowest BCUT2D eigenvalue weighted by Crippen LogP contribution is -2.36. The van der Waals surface area contributed by atoms with Crippen LogP contribution in [-0.2, 0) is 9.59 Å². The van der Waals surface area contributed by atoms with Crippen LogP contribution < -0.4 is 10.1 Å². The molecule has 0 unspecified atom stereocenters. The highest BCUT2D eigenvalue weighted by Gasteiger charge is 2.36. The zero-order chi connectivity index (χ0) is 22.5. The number of anilines is 1. The van der Waals surface area contributed by atoms with E-state index >= 15 is 0 Å². The molecule has 1 saturated heterocycles. The number of halogens is 1. The number of carbonyl (C=O) groups excluding carboxylic acids is 3. The average molecular weight is 509 g/mol. The van der Waals surface area contributed by atoms with Crippen molar-refractivity contribution in [2.24, 2.45) is 0 Å². The molecular formula is C24H17BrN2O4S. The van der Waals surface area contributed by atoms with Gasteiger partial charge in [0.2, 0.25) is 5.91 Å². The first kappa shape index (κ1) is 21.9. The molecule has 1 N–H and O–H groups in total. The van der Waals surface area contributed by atoms with Gasteiger partial charge in [0.1, 0.15) is 18.0 Å². The van der Waals surface area contributed by atoms with E-state index in [-0.39, 0.29) is 11.4 Å². The Labute approximate surface area is 197 Å². The van der Waals surface area contributed by atoms with E-state index in [2.05, 4.69) is 21.2 Å². The van der Waals surface area contributed by atoms with Crippen LogP contribution >= 0.6 is 27.7 Å². The minimum Gasteiger partial charge on any atom is -0.457 e. The van der Waals surface area contributed by atoms with E-state index in [1.54, 1.807) is 42.5 Å². The molecule has 160 valence electrons. The third-order valence-corrected chi connectivity index (χ3v) is 5.87. The van der Waals surface area contributed by atoms with E-state index in [0.717, 1.165) is 21.1 Å². The van der Waals surface area contributed by atoms with Crippen LogP contribution in [0.15, 0.2) is 88.2 Å². The van der Waals surface area contributed by atoms with E-state index in [1.165, 1.54) is 0 Å². The number of amides is 3. The number of imide groups is 1. The Kier molecular flexibility index (Phi) is 6.72. The van der Waals surface area contributed by atoms with Crippen molar-refractivity contribution in [2.75, 3.05) is 11.9 Å². The molecule has 0 spiro atoms. The van der Waals surface area contributed by atoms with Crippen LogP contribution in [0, 0.1) is 0 Å². The Morgan fingerprint density at radius 2 is 1.69 bits per heavy atom. The van der Waals surface area contributed by atoms with Gasteiger partial charge in [-0.2, -0.15) is 0 Å². The van der Waals surface area contributed by atoms with Gasteiger partial charge in [0.25, 0.3) is 11.1 Å². The quantitative estimate of drug-likeness (QED) is 0.418. The Morgan fingerprint density at radius 1 is 0.969 bits per heavy atom. The van der Waals surface area contributed by atoms with Gasteiger partial charge in [-0.15, -0.1) is 0 Å². The second kappa shape index (κ2) is 9.84. The molecule has 6 nitrogen and oxygen atoms in total. The van der Waals surface area contributed by atoms with Gasteiger partial charge in [-0.05, 0) is 71.9 Å². The van der Waals surface area contributed by atoms with Gasteiger partial charge >= 0.3 is 0 Å². The van der Waals surface area contributed by atoms with Gasteiger partial charge in [0.05, 0.1) is 4.91 Å². The number of ether oxygens (including phenoxy) is 1. The molecule has 0 radical (unpaired) electrons. The van der Waals surface area contributed by atoms with E-state index in [1.807, 2.05) is 42.5 Å². The normalized spacial score (nSPS) is 14.7. The van der Waals surface area contributed by atoms with Gasteiger partial charge in [0.15, 0.2) is 0 Å². The van der Waals surface area contributed by atoms with Crippen molar-refractivity contribution in [3.63, 3.8) is 0 Å². The number of nitrogens with zero attached hydrogens (tertiary/aromatic N) is 1. The summed E-state index contributed by atoms with van der Waals surface area (Å²) >= 11 is 4.13. The molecule has 1 aliphatic heterocycles. The lowest BCUT2D eigenvalue weighted by molar-refractivity contribution is -0.127. The maximum absolute atomic E-state index is 12.7. The highest BCUT2D eigenvalue weighted by Crippen LogP contribution is 2.33. The topological polar surface area (TPSA) is 75.7 Å². The molecule has 0 atom stereocenters. The minimum atomic E-state index is -0.500. The number of hydrogen-bond donors (Lipinski definition) is 1. The summed E-state index contributed by atoms with van der Waals surface area (Å²) in [5.74, 6) is 0.356. The van der Waals surface area contributed by atoms with Gasteiger partial charge in [-0.1, -0.05) is 46.3 Å². The molecule has 0 saturated carbocycles. The molecule has 0 aromatic heterocycles. The summed E-state index contributed by atoms with van der Waals surface area (Å²) in [6, 6.07) is 23.6. The molecule has 32 heavy (non-hydrogen) atoms. The Bertz CT molecular complexity index is 1200. The predicted octanol–water partition coefficient (Wildman–Crippen LogP) is 5.92. The Hall–Kier alpha value is -3.36. The molecule has 3 amide bonds. The molecule has 8 heteroatoms. The van der Waals surface area contributed by atoms with Crippen molar-refractivity contribution in [3.05, 3.63) is 93.8 Å². The maximum Gasteiger partial charge on any atom is 0.294 e. The van der Waals surface area contributed by atoms with Crippen LogP contribution in [0.4, 0.5) is 10.5 Å². The first-order valence-electron chi connectivity index (χ1n) is 9.62. The van der Waals surface area contributed by atoms with Crippen LogP contribution in [0.3, 0.4) is 0 Å². The smallest absolute Gasteiger partial charge is 0.294 e. The first-order valence-corrected chi connectivity index (χ1v) is 11.2. The molecule has 1 aliphatic rings. The van der Waals surface area contributed by atoms with Gasteiger partial charge in [-0.25, -0.2) is 0 Å². The monoisotopic (exact) mass is 508 g/mol. The molecule has 0 aliphatic carbocycles. The van der Waals surface area contributed by atoms with Crippen LogP contribution in [0.2, 0.25) is 0 Å². The van der Waals surface area contributed by atoms with E-state index < -0.39 is 17.1 Å². The first-order chi connectivity index (χ1) is 15.5. The van der Waals surface area contributed by atoms with E-state index in [9.17, 15) is 14.4 Å². The second-order valence-corrected chi connectivity index (χ2v) is 8.72. The third kappa shape index (κ3) is 5.46. The number of hydrogen-bond acceptors (Lipinski definition) is 5. The average Bonchev–Trinajstić information content (AvgIpc) is 3.03. The number of benzene rings is 3. The van der Waals surface area contributed by atoms with Crippen LogP contribution in [0.5, 0.6) is 11.5 Å². The summed E-state index contributed by atoms with van der Waals surface area (Å²) in [4.78, 5) is 38.6. The summed E-state index contributed by atoms with van der Waals surface area (Å²) in [6.07, 6.45) is 1.62. The van der Waals surface area contributed by atoms with Crippen molar-refractivity contribution >= 4 is 56.5 Å². The largest absolute Gasteiger partial charge is 0.457 e. The second-order valence-electron chi connectivity index (χ2n) is 6.81. The molecule has 3 aromatic rings. The number of rotatable bonds is 6.